The van der Waals surface area contributed by atoms with E-state index in [0.717, 1.165) is 6.07 Å². The predicted octanol–water partition coefficient (Wildman–Crippen LogP) is 3.63. The number of nitrogens with one attached hydrogen (secondary N) is 2. The van der Waals surface area contributed by atoms with Crippen LogP contribution in [0.1, 0.15) is 10.4 Å². The number of benzene rings is 2. The second-order valence-corrected chi connectivity index (χ2v) is 6.16. The van der Waals surface area contributed by atoms with E-state index in [-0.39, 0.29) is 10.6 Å². The summed E-state index contributed by atoms with van der Waals surface area (Å²) in [6.07, 6.45) is 0. The summed E-state index contributed by atoms with van der Waals surface area (Å²) < 4.78 is 5.02. The third-order valence-electron chi connectivity index (χ3n) is 3.51. The first-order chi connectivity index (χ1) is 12.4. The zero-order chi connectivity index (χ0) is 18.7. The number of aromatic nitrogens is 1. The maximum absolute atomic E-state index is 12.3. The number of hydrogen-bond acceptors (Lipinski definition) is 4. The highest BCUT2D eigenvalue weighted by molar-refractivity contribution is 6.42. The number of pyridine rings is 1. The molecule has 1 amide bonds. The lowest BCUT2D eigenvalue weighted by Crippen LogP contribution is -2.22. The van der Waals surface area contributed by atoms with E-state index in [1.54, 1.807) is 30.3 Å². The van der Waals surface area contributed by atoms with E-state index in [1.165, 1.54) is 12.1 Å². The number of halogens is 2. The highest BCUT2D eigenvalue weighted by Crippen LogP contribution is 2.25. The van der Waals surface area contributed by atoms with Gasteiger partial charge in [-0.25, -0.2) is 4.79 Å². The van der Waals surface area contributed by atoms with Crippen LogP contribution in [0.3, 0.4) is 0 Å². The van der Waals surface area contributed by atoms with Crippen LogP contribution < -0.4 is 10.9 Å². The minimum absolute atomic E-state index is 0.0895. The Kier molecular flexibility index (Phi) is 5.25. The largest absolute Gasteiger partial charge is 0.452 e. The highest BCUT2D eigenvalue weighted by Gasteiger charge is 2.15. The van der Waals surface area contributed by atoms with Gasteiger partial charge in [0.2, 0.25) is 5.56 Å². The monoisotopic (exact) mass is 390 g/mol. The SMILES string of the molecule is O=C(COC(=O)c1cc(=O)[nH]c2ccccc12)Nc1ccc(Cl)c(Cl)c1. The van der Waals surface area contributed by atoms with E-state index in [9.17, 15) is 14.4 Å². The molecule has 132 valence electrons. The van der Waals surface area contributed by atoms with E-state index >= 15 is 0 Å². The van der Waals surface area contributed by atoms with Crippen molar-refractivity contribution in [3.63, 3.8) is 0 Å². The van der Waals surface area contributed by atoms with Crippen molar-refractivity contribution < 1.29 is 14.3 Å². The topological polar surface area (TPSA) is 88.3 Å². The van der Waals surface area contributed by atoms with E-state index in [1.807, 2.05) is 0 Å². The second kappa shape index (κ2) is 7.59. The summed E-state index contributed by atoms with van der Waals surface area (Å²) in [5, 5.41) is 3.71. The van der Waals surface area contributed by atoms with Crippen LogP contribution in [0.2, 0.25) is 10.0 Å². The molecule has 26 heavy (non-hydrogen) atoms. The van der Waals surface area contributed by atoms with Gasteiger partial charge in [-0.2, -0.15) is 0 Å². The third-order valence-corrected chi connectivity index (χ3v) is 4.25. The molecule has 2 N–H and O–H groups in total. The van der Waals surface area contributed by atoms with Gasteiger partial charge in [-0.1, -0.05) is 41.4 Å². The summed E-state index contributed by atoms with van der Waals surface area (Å²) >= 11 is 11.7. The van der Waals surface area contributed by atoms with Gasteiger partial charge in [0.25, 0.3) is 5.91 Å². The molecule has 1 aromatic heterocycles. The number of rotatable bonds is 4. The van der Waals surface area contributed by atoms with Crippen molar-refractivity contribution in [1.29, 1.82) is 0 Å². The van der Waals surface area contributed by atoms with Gasteiger partial charge in [-0.15, -0.1) is 0 Å². The number of carbonyl (C=O) groups is 2. The third kappa shape index (κ3) is 4.04. The zero-order valence-electron chi connectivity index (χ0n) is 13.2. The molecule has 0 atom stereocenters. The number of carbonyl (C=O) groups excluding carboxylic acids is 2. The maximum Gasteiger partial charge on any atom is 0.339 e. The number of fused-ring (bicyclic) bond motifs is 1. The molecule has 0 aliphatic rings. The quantitative estimate of drug-likeness (QED) is 0.665. The zero-order valence-corrected chi connectivity index (χ0v) is 14.7. The van der Waals surface area contributed by atoms with Crippen LogP contribution in [-0.4, -0.2) is 23.5 Å². The number of amides is 1. The van der Waals surface area contributed by atoms with Gasteiger partial charge in [-0.3, -0.25) is 9.59 Å². The molecular weight excluding hydrogens is 379 g/mol. The fourth-order valence-electron chi connectivity index (χ4n) is 2.35. The second-order valence-electron chi connectivity index (χ2n) is 5.35. The van der Waals surface area contributed by atoms with Crippen LogP contribution in [0.15, 0.2) is 53.3 Å². The Morgan fingerprint density at radius 3 is 2.58 bits per heavy atom. The molecular formula is C18H12Cl2N2O4. The molecule has 0 saturated heterocycles. The average Bonchev–Trinajstić information content (AvgIpc) is 2.62. The normalized spacial score (nSPS) is 10.5. The summed E-state index contributed by atoms with van der Waals surface area (Å²) in [5.74, 6) is -1.32. The van der Waals surface area contributed by atoms with Crippen LogP contribution in [0, 0.1) is 0 Å². The molecule has 3 rings (SSSR count). The fraction of sp³-hybridized carbons (Fsp3) is 0.0556. The number of anilines is 1. The van der Waals surface area contributed by atoms with Gasteiger partial charge in [-0.05, 0) is 24.3 Å². The fourth-order valence-corrected chi connectivity index (χ4v) is 2.65. The smallest absolute Gasteiger partial charge is 0.339 e. The Morgan fingerprint density at radius 2 is 1.81 bits per heavy atom. The summed E-state index contributed by atoms with van der Waals surface area (Å²) in [6, 6.07) is 12.5. The molecule has 0 spiro atoms. The van der Waals surface area contributed by atoms with Gasteiger partial charge in [0.05, 0.1) is 15.6 Å². The first kappa shape index (κ1) is 18.0. The summed E-state index contributed by atoms with van der Waals surface area (Å²) in [7, 11) is 0. The molecule has 1 heterocycles. The first-order valence-electron chi connectivity index (χ1n) is 7.48. The Labute approximate surface area is 157 Å². The van der Waals surface area contributed by atoms with E-state index in [0.29, 0.717) is 21.6 Å². The van der Waals surface area contributed by atoms with Gasteiger partial charge < -0.3 is 15.0 Å². The Bertz CT molecular complexity index is 1060. The lowest BCUT2D eigenvalue weighted by atomic mass is 10.1. The van der Waals surface area contributed by atoms with Crippen LogP contribution in [-0.2, 0) is 9.53 Å². The molecule has 3 aromatic rings. The van der Waals surface area contributed by atoms with Crippen LogP contribution in [0.5, 0.6) is 0 Å². The predicted molar refractivity (Wildman–Crippen MR) is 99.9 cm³/mol. The van der Waals surface area contributed by atoms with E-state index < -0.39 is 24.0 Å². The van der Waals surface area contributed by atoms with Crippen molar-refractivity contribution in [2.45, 2.75) is 0 Å². The van der Waals surface area contributed by atoms with Gasteiger partial charge in [0.15, 0.2) is 6.61 Å². The lowest BCUT2D eigenvalue weighted by molar-refractivity contribution is -0.119. The minimum Gasteiger partial charge on any atom is -0.452 e. The van der Waals surface area contributed by atoms with Crippen LogP contribution in [0.4, 0.5) is 5.69 Å². The molecule has 0 aliphatic heterocycles. The molecule has 0 radical (unpaired) electrons. The number of para-hydroxylation sites is 1. The molecule has 0 unspecified atom stereocenters. The van der Waals surface area contributed by atoms with Crippen molar-refractivity contribution in [3.05, 3.63) is 74.5 Å². The lowest BCUT2D eigenvalue weighted by Gasteiger charge is -2.08. The number of aromatic amines is 1. The van der Waals surface area contributed by atoms with Gasteiger partial charge in [0, 0.05) is 22.7 Å². The molecule has 6 nitrogen and oxygen atoms in total. The van der Waals surface area contributed by atoms with Crippen molar-refractivity contribution in [2.24, 2.45) is 0 Å². The molecule has 0 fully saturated rings. The standard InChI is InChI=1S/C18H12Cl2N2O4/c19-13-6-5-10(7-14(13)20)21-17(24)9-26-18(25)12-8-16(23)22-15-4-2-1-3-11(12)15/h1-8H,9H2,(H,21,24)(H,22,23). The van der Waals surface area contributed by atoms with Gasteiger partial charge >= 0.3 is 5.97 Å². The van der Waals surface area contributed by atoms with E-state index in [4.69, 9.17) is 27.9 Å². The molecule has 0 aliphatic carbocycles. The Hall–Kier alpha value is -2.83. The molecule has 2 aromatic carbocycles. The highest BCUT2D eigenvalue weighted by atomic mass is 35.5. The molecule has 8 heteroatoms. The number of hydrogen-bond donors (Lipinski definition) is 2. The summed E-state index contributed by atoms with van der Waals surface area (Å²) in [5.41, 5.74) is 0.580. The summed E-state index contributed by atoms with van der Waals surface area (Å²) in [4.78, 5) is 38.5. The van der Waals surface area contributed by atoms with Crippen molar-refractivity contribution in [1.82, 2.24) is 4.98 Å². The minimum atomic E-state index is -0.767. The van der Waals surface area contributed by atoms with Crippen LogP contribution >= 0.6 is 23.2 Å². The van der Waals surface area contributed by atoms with E-state index in [2.05, 4.69) is 10.3 Å². The summed E-state index contributed by atoms with van der Waals surface area (Å²) in [6.45, 7) is -0.514. The first-order valence-corrected chi connectivity index (χ1v) is 8.24. The number of esters is 1. The van der Waals surface area contributed by atoms with Crippen molar-refractivity contribution in [3.8, 4) is 0 Å². The van der Waals surface area contributed by atoms with Crippen LogP contribution in [0.25, 0.3) is 10.9 Å². The number of ether oxygens (including phenoxy) is 1. The average molecular weight is 391 g/mol. The Morgan fingerprint density at radius 1 is 1.04 bits per heavy atom. The number of H-pyrrole nitrogens is 1. The van der Waals surface area contributed by atoms with Crippen molar-refractivity contribution in [2.75, 3.05) is 11.9 Å². The molecule has 0 saturated carbocycles. The van der Waals surface area contributed by atoms with Gasteiger partial charge in [0.1, 0.15) is 0 Å². The van der Waals surface area contributed by atoms with Crippen molar-refractivity contribution >= 4 is 51.7 Å². The molecule has 0 bridgehead atoms. The maximum atomic E-state index is 12.3. The Balaban J connectivity index is 1.70.